The molecular weight excluding hydrogens is 432 g/mol. The van der Waals surface area contributed by atoms with Crippen LogP contribution in [0.15, 0.2) is 54.6 Å². The molecule has 0 N–H and O–H groups in total. The minimum absolute atomic E-state index is 0.799. The monoisotopic (exact) mass is 478 g/mol. The molecule has 0 saturated carbocycles. The average Bonchev–Trinajstić information content (AvgIpc) is 2.86. The lowest BCUT2D eigenvalue weighted by molar-refractivity contribution is 0.304. The molecular formula is C32H46OS. The van der Waals surface area contributed by atoms with Gasteiger partial charge in [-0.05, 0) is 47.7 Å². The van der Waals surface area contributed by atoms with Gasteiger partial charge in [-0.2, -0.15) is 0 Å². The second-order valence-corrected chi connectivity index (χ2v) is 9.89. The molecule has 2 aromatic carbocycles. The molecule has 0 heterocycles. The summed E-state index contributed by atoms with van der Waals surface area (Å²) in [5, 5.41) is 0. The third-order valence-corrected chi connectivity index (χ3v) is 6.70. The normalized spacial score (nSPS) is 11.2. The van der Waals surface area contributed by atoms with Crippen molar-refractivity contribution in [2.24, 2.45) is 0 Å². The molecule has 2 heteroatoms. The summed E-state index contributed by atoms with van der Waals surface area (Å²) in [6.07, 6.45) is 22.8. The topological polar surface area (TPSA) is 9.23 Å². The van der Waals surface area contributed by atoms with Crippen LogP contribution in [0.3, 0.4) is 0 Å². The molecule has 0 unspecified atom stereocenters. The molecule has 0 saturated heterocycles. The van der Waals surface area contributed by atoms with E-state index in [1.165, 1.54) is 82.6 Å². The average molecular weight is 479 g/mol. The molecule has 0 radical (unpaired) electrons. The van der Waals surface area contributed by atoms with Crippen molar-refractivity contribution in [3.63, 3.8) is 0 Å². The smallest absolute Gasteiger partial charge is 0.119 e. The van der Waals surface area contributed by atoms with Gasteiger partial charge in [0, 0.05) is 4.86 Å². The Morgan fingerprint density at radius 2 is 1.35 bits per heavy atom. The molecule has 0 aliphatic rings. The lowest BCUT2D eigenvalue weighted by Crippen LogP contribution is -1.97. The second kappa shape index (κ2) is 18.4. The Balaban J connectivity index is 1.59. The van der Waals surface area contributed by atoms with Crippen LogP contribution in [-0.2, 0) is 6.42 Å². The van der Waals surface area contributed by atoms with Gasteiger partial charge in [0.15, 0.2) is 0 Å². The molecule has 0 aliphatic heterocycles. The maximum Gasteiger partial charge on any atom is 0.119 e. The van der Waals surface area contributed by atoms with Crippen molar-refractivity contribution in [1.29, 1.82) is 0 Å². The predicted molar refractivity (Wildman–Crippen MR) is 154 cm³/mol. The SMILES string of the molecule is CCCCCCCCCCCCCCOc1cccc(C=CC(=S)c2ccc(CCC)cc2)c1. The zero-order valence-electron chi connectivity index (χ0n) is 21.7. The van der Waals surface area contributed by atoms with Crippen molar-refractivity contribution >= 4 is 23.2 Å². The summed E-state index contributed by atoms with van der Waals surface area (Å²) in [6.45, 7) is 5.29. The van der Waals surface area contributed by atoms with E-state index in [9.17, 15) is 0 Å². The summed E-state index contributed by atoms with van der Waals surface area (Å²) in [5.74, 6) is 0.944. The number of aryl methyl sites for hydroxylation is 1. The van der Waals surface area contributed by atoms with Crippen LogP contribution in [0, 0.1) is 0 Å². The Morgan fingerprint density at radius 1 is 0.735 bits per heavy atom. The summed E-state index contributed by atoms with van der Waals surface area (Å²) >= 11 is 5.61. The minimum atomic E-state index is 0.799. The lowest BCUT2D eigenvalue weighted by Gasteiger charge is -2.07. The largest absolute Gasteiger partial charge is 0.494 e. The van der Waals surface area contributed by atoms with Gasteiger partial charge in [-0.25, -0.2) is 0 Å². The highest BCUT2D eigenvalue weighted by atomic mass is 32.1. The molecule has 0 atom stereocenters. The van der Waals surface area contributed by atoms with Crippen LogP contribution in [-0.4, -0.2) is 11.5 Å². The molecule has 2 rings (SSSR count). The summed E-state index contributed by atoms with van der Waals surface area (Å²) in [5.41, 5.74) is 3.60. The van der Waals surface area contributed by atoms with E-state index in [2.05, 4.69) is 62.4 Å². The van der Waals surface area contributed by atoms with E-state index in [1.54, 1.807) is 0 Å². The number of ether oxygens (including phenoxy) is 1. The number of benzene rings is 2. The summed E-state index contributed by atoms with van der Waals surface area (Å²) in [4.78, 5) is 0.867. The number of rotatable bonds is 19. The molecule has 0 aliphatic carbocycles. The maximum atomic E-state index is 6.00. The van der Waals surface area contributed by atoms with Crippen molar-refractivity contribution in [1.82, 2.24) is 0 Å². The first-order chi connectivity index (χ1) is 16.7. The van der Waals surface area contributed by atoms with Gasteiger partial charge in [0.1, 0.15) is 5.75 Å². The van der Waals surface area contributed by atoms with Gasteiger partial charge >= 0.3 is 0 Å². The lowest BCUT2D eigenvalue weighted by atomic mass is 10.1. The van der Waals surface area contributed by atoms with Crippen LogP contribution in [0.25, 0.3) is 6.08 Å². The highest BCUT2D eigenvalue weighted by Gasteiger charge is 2.00. The molecule has 0 spiro atoms. The van der Waals surface area contributed by atoms with Gasteiger partial charge in [0.25, 0.3) is 0 Å². The Hall–Kier alpha value is -1.93. The molecule has 2 aromatic rings. The standard InChI is InChI=1S/C32H46OS/c1-3-5-6-7-8-9-10-11-12-13-14-15-26-33-31-19-16-18-29(27-31)22-25-32(34)30-23-20-28(17-4-2)21-24-30/h16,18-25,27H,3-15,17,26H2,1-2H3. The van der Waals surface area contributed by atoms with E-state index in [4.69, 9.17) is 17.0 Å². The first-order valence-electron chi connectivity index (χ1n) is 13.8. The number of hydrogen-bond donors (Lipinski definition) is 0. The quantitative estimate of drug-likeness (QED) is 0.0859. The predicted octanol–water partition coefficient (Wildman–Crippen LogP) is 10.2. The fourth-order valence-electron chi connectivity index (χ4n) is 4.23. The van der Waals surface area contributed by atoms with Gasteiger partial charge < -0.3 is 4.74 Å². The van der Waals surface area contributed by atoms with Crippen molar-refractivity contribution in [2.45, 2.75) is 104 Å². The van der Waals surface area contributed by atoms with Crippen molar-refractivity contribution in [3.05, 3.63) is 71.3 Å². The first-order valence-corrected chi connectivity index (χ1v) is 14.2. The van der Waals surface area contributed by atoms with E-state index >= 15 is 0 Å². The number of unbranched alkanes of at least 4 members (excludes halogenated alkanes) is 11. The van der Waals surface area contributed by atoms with Gasteiger partial charge in [-0.1, -0.05) is 146 Å². The van der Waals surface area contributed by atoms with Crippen LogP contribution in [0.2, 0.25) is 0 Å². The number of allylic oxidation sites excluding steroid dienone is 1. The molecule has 0 bridgehead atoms. The summed E-state index contributed by atoms with van der Waals surface area (Å²) < 4.78 is 6.00. The van der Waals surface area contributed by atoms with Crippen LogP contribution in [0.5, 0.6) is 5.75 Å². The zero-order valence-corrected chi connectivity index (χ0v) is 22.5. The van der Waals surface area contributed by atoms with E-state index in [1.807, 2.05) is 12.1 Å². The van der Waals surface area contributed by atoms with Crippen molar-refractivity contribution in [3.8, 4) is 5.75 Å². The third kappa shape index (κ3) is 12.5. The van der Waals surface area contributed by atoms with Crippen molar-refractivity contribution < 1.29 is 4.74 Å². The van der Waals surface area contributed by atoms with Crippen molar-refractivity contribution in [2.75, 3.05) is 6.61 Å². The van der Waals surface area contributed by atoms with Crippen LogP contribution >= 0.6 is 12.2 Å². The fraction of sp³-hybridized carbons (Fsp3) is 0.531. The van der Waals surface area contributed by atoms with Gasteiger partial charge in [-0.3, -0.25) is 0 Å². The Kier molecular flexibility index (Phi) is 15.3. The molecule has 0 fully saturated rings. The first kappa shape index (κ1) is 28.3. The van der Waals surface area contributed by atoms with Crippen LogP contribution in [0.1, 0.15) is 114 Å². The number of hydrogen-bond acceptors (Lipinski definition) is 2. The van der Waals surface area contributed by atoms with E-state index in [0.717, 1.165) is 41.2 Å². The Labute approximate surface area is 215 Å². The fourth-order valence-corrected chi connectivity index (χ4v) is 4.44. The van der Waals surface area contributed by atoms with E-state index in [0.29, 0.717) is 0 Å². The van der Waals surface area contributed by atoms with Crippen LogP contribution < -0.4 is 4.74 Å². The van der Waals surface area contributed by atoms with E-state index < -0.39 is 0 Å². The Morgan fingerprint density at radius 3 is 1.97 bits per heavy atom. The molecule has 0 aromatic heterocycles. The Bertz CT molecular complexity index is 821. The molecule has 1 nitrogen and oxygen atoms in total. The highest BCUT2D eigenvalue weighted by molar-refractivity contribution is 7.81. The molecule has 0 amide bonds. The minimum Gasteiger partial charge on any atom is -0.494 e. The number of thiocarbonyl (C=S) groups is 1. The van der Waals surface area contributed by atoms with Gasteiger partial charge in [0.05, 0.1) is 6.61 Å². The molecule has 34 heavy (non-hydrogen) atoms. The summed E-state index contributed by atoms with van der Waals surface area (Å²) in [6, 6.07) is 16.9. The zero-order chi connectivity index (χ0) is 24.3. The summed E-state index contributed by atoms with van der Waals surface area (Å²) in [7, 11) is 0. The highest BCUT2D eigenvalue weighted by Crippen LogP contribution is 2.17. The maximum absolute atomic E-state index is 6.00. The van der Waals surface area contributed by atoms with Gasteiger partial charge in [0.2, 0.25) is 0 Å². The third-order valence-electron chi connectivity index (χ3n) is 6.33. The molecule has 186 valence electrons. The van der Waals surface area contributed by atoms with Crippen LogP contribution in [0.4, 0.5) is 0 Å². The van der Waals surface area contributed by atoms with Gasteiger partial charge in [-0.15, -0.1) is 0 Å². The van der Waals surface area contributed by atoms with E-state index in [-0.39, 0.29) is 0 Å². The second-order valence-electron chi connectivity index (χ2n) is 9.45.